The quantitative estimate of drug-likeness (QED) is 0.601. The highest BCUT2D eigenvalue weighted by atomic mass is 19.3. The summed E-state index contributed by atoms with van der Waals surface area (Å²) in [7, 11) is 1.32. The molecule has 1 N–H and O–H groups in total. The number of methoxy groups -OCH3 is 1. The van der Waals surface area contributed by atoms with Gasteiger partial charge in [0.1, 0.15) is 6.54 Å². The number of carbonyl (C=O) groups excluding carboxylic acids is 1. The number of benzene rings is 1. The van der Waals surface area contributed by atoms with Crippen molar-refractivity contribution in [3.05, 3.63) is 58.5 Å². The molecule has 138 valence electrons. The number of hydrogen-bond donors (Lipinski definition) is 1. The fraction of sp³-hybridized carbons (Fsp3) is 0.235. The lowest BCUT2D eigenvalue weighted by atomic mass is 10.1. The predicted octanol–water partition coefficient (Wildman–Crippen LogP) is 2.00. The van der Waals surface area contributed by atoms with Gasteiger partial charge in [-0.3, -0.25) is 9.59 Å². The zero-order valence-corrected chi connectivity index (χ0v) is 14.1. The molecule has 0 aliphatic carbocycles. The molecule has 0 aliphatic heterocycles. The number of halogens is 2. The van der Waals surface area contributed by atoms with E-state index in [9.17, 15) is 18.4 Å². The number of alkyl halides is 2. The van der Waals surface area contributed by atoms with Gasteiger partial charge in [-0.1, -0.05) is 6.07 Å². The molecule has 0 unspecified atom stereocenters. The Labute approximate surface area is 147 Å². The second-order valence-electron chi connectivity index (χ2n) is 5.14. The van der Waals surface area contributed by atoms with Crippen molar-refractivity contribution in [1.29, 1.82) is 0 Å². The number of carbonyl (C=O) groups is 1. The summed E-state index contributed by atoms with van der Waals surface area (Å²) < 4.78 is 35.3. The number of aromatic nitrogens is 1. The summed E-state index contributed by atoms with van der Waals surface area (Å²) in [5, 5.41) is 3.94. The largest absolute Gasteiger partial charge is 0.493 e. The Morgan fingerprint density at radius 1 is 1.27 bits per heavy atom. The first-order valence-electron chi connectivity index (χ1n) is 7.52. The summed E-state index contributed by atoms with van der Waals surface area (Å²) >= 11 is 0. The molecule has 0 saturated heterocycles. The van der Waals surface area contributed by atoms with Crippen LogP contribution in [0.2, 0.25) is 0 Å². The molecule has 1 aromatic carbocycles. The van der Waals surface area contributed by atoms with Crippen molar-refractivity contribution in [3.63, 3.8) is 0 Å². The van der Waals surface area contributed by atoms with Crippen LogP contribution >= 0.6 is 0 Å². The van der Waals surface area contributed by atoms with Gasteiger partial charge in [0, 0.05) is 17.8 Å². The molecule has 0 atom stereocenters. The van der Waals surface area contributed by atoms with E-state index in [1.165, 1.54) is 42.1 Å². The normalized spacial score (nSPS) is 11.3. The standard InChI is InChI=1S/C17H17F2N3O4/c1-11(12-6-7-13(26-17(18)19)14(9-12)25-2)20-21-15(23)10-22-8-4-3-5-16(22)24/h3-9,17H,10H2,1-2H3,(H,21,23)/b20-11-. The molecule has 0 aliphatic rings. The summed E-state index contributed by atoms with van der Waals surface area (Å²) in [6.45, 7) is -1.52. The third kappa shape index (κ3) is 5.13. The fourth-order valence-electron chi connectivity index (χ4n) is 2.08. The predicted molar refractivity (Wildman–Crippen MR) is 90.7 cm³/mol. The maximum Gasteiger partial charge on any atom is 0.387 e. The van der Waals surface area contributed by atoms with E-state index < -0.39 is 12.5 Å². The molecule has 0 bridgehead atoms. The van der Waals surface area contributed by atoms with Gasteiger partial charge < -0.3 is 14.0 Å². The van der Waals surface area contributed by atoms with E-state index in [0.717, 1.165) is 0 Å². The number of amides is 1. The van der Waals surface area contributed by atoms with Crippen molar-refractivity contribution in [2.75, 3.05) is 7.11 Å². The molecule has 0 saturated carbocycles. The van der Waals surface area contributed by atoms with Crippen LogP contribution in [-0.2, 0) is 11.3 Å². The molecule has 7 nitrogen and oxygen atoms in total. The van der Waals surface area contributed by atoms with Crippen LogP contribution in [0.3, 0.4) is 0 Å². The van der Waals surface area contributed by atoms with Gasteiger partial charge in [-0.05, 0) is 31.2 Å². The fourth-order valence-corrected chi connectivity index (χ4v) is 2.08. The number of nitrogens with one attached hydrogen (secondary N) is 1. The van der Waals surface area contributed by atoms with Crippen molar-refractivity contribution in [2.45, 2.75) is 20.1 Å². The van der Waals surface area contributed by atoms with Gasteiger partial charge in [0.2, 0.25) is 0 Å². The van der Waals surface area contributed by atoms with Crippen molar-refractivity contribution >= 4 is 11.6 Å². The molecule has 1 amide bonds. The number of nitrogens with zero attached hydrogens (tertiary/aromatic N) is 2. The van der Waals surface area contributed by atoms with Crippen LogP contribution in [0, 0.1) is 0 Å². The first-order chi connectivity index (χ1) is 12.4. The summed E-state index contributed by atoms with van der Waals surface area (Å²) in [5.41, 5.74) is 2.99. The third-order valence-corrected chi connectivity index (χ3v) is 3.36. The highest BCUT2D eigenvalue weighted by Crippen LogP contribution is 2.29. The minimum absolute atomic E-state index is 0.105. The molecule has 2 rings (SSSR count). The average molecular weight is 365 g/mol. The molecular weight excluding hydrogens is 348 g/mol. The Balaban J connectivity index is 2.08. The minimum Gasteiger partial charge on any atom is -0.493 e. The highest BCUT2D eigenvalue weighted by molar-refractivity contribution is 5.99. The SMILES string of the molecule is COc1cc(/C(C)=N\NC(=O)Cn2ccccc2=O)ccc1OC(F)F. The lowest BCUT2D eigenvalue weighted by molar-refractivity contribution is -0.121. The molecule has 1 heterocycles. The molecule has 0 radical (unpaired) electrons. The van der Waals surface area contributed by atoms with E-state index in [0.29, 0.717) is 11.3 Å². The number of ether oxygens (including phenoxy) is 2. The molecule has 0 spiro atoms. The molecule has 0 fully saturated rings. The van der Waals surface area contributed by atoms with E-state index in [1.807, 2.05) is 0 Å². The topological polar surface area (TPSA) is 81.9 Å². The van der Waals surface area contributed by atoms with Crippen LogP contribution < -0.4 is 20.5 Å². The second kappa shape index (κ2) is 8.75. The van der Waals surface area contributed by atoms with Gasteiger partial charge in [-0.15, -0.1) is 0 Å². The van der Waals surface area contributed by atoms with E-state index in [4.69, 9.17) is 4.74 Å². The molecule has 9 heteroatoms. The zero-order chi connectivity index (χ0) is 19.1. The maximum atomic E-state index is 12.3. The lowest BCUT2D eigenvalue weighted by Gasteiger charge is -2.11. The Morgan fingerprint density at radius 3 is 2.69 bits per heavy atom. The van der Waals surface area contributed by atoms with Gasteiger partial charge in [0.15, 0.2) is 11.5 Å². The number of hydrazone groups is 1. The highest BCUT2D eigenvalue weighted by Gasteiger charge is 2.12. The van der Waals surface area contributed by atoms with E-state index in [-0.39, 0.29) is 23.6 Å². The van der Waals surface area contributed by atoms with Gasteiger partial charge in [-0.2, -0.15) is 13.9 Å². The smallest absolute Gasteiger partial charge is 0.387 e. The minimum atomic E-state index is -2.97. The maximum absolute atomic E-state index is 12.3. The van der Waals surface area contributed by atoms with Crippen LogP contribution in [0.25, 0.3) is 0 Å². The monoisotopic (exact) mass is 365 g/mol. The Hall–Kier alpha value is -3.23. The van der Waals surface area contributed by atoms with Crippen molar-refractivity contribution in [1.82, 2.24) is 9.99 Å². The van der Waals surface area contributed by atoms with Gasteiger partial charge in [-0.25, -0.2) is 5.43 Å². The molecular formula is C17H17F2N3O4. The first kappa shape index (κ1) is 19.1. The Kier molecular flexibility index (Phi) is 6.42. The second-order valence-corrected chi connectivity index (χ2v) is 5.14. The molecule has 26 heavy (non-hydrogen) atoms. The van der Waals surface area contributed by atoms with Gasteiger partial charge in [0.25, 0.3) is 11.5 Å². The number of hydrogen-bond acceptors (Lipinski definition) is 5. The number of pyridine rings is 1. The van der Waals surface area contributed by atoms with Gasteiger partial charge in [0.05, 0.1) is 12.8 Å². The average Bonchev–Trinajstić information content (AvgIpc) is 2.61. The van der Waals surface area contributed by atoms with E-state index in [2.05, 4.69) is 15.3 Å². The van der Waals surface area contributed by atoms with E-state index >= 15 is 0 Å². The van der Waals surface area contributed by atoms with Crippen LogP contribution in [0.15, 0.2) is 52.5 Å². The number of rotatable bonds is 7. The van der Waals surface area contributed by atoms with Crippen LogP contribution in [0.5, 0.6) is 11.5 Å². The molecule has 2 aromatic rings. The van der Waals surface area contributed by atoms with Crippen LogP contribution in [-0.4, -0.2) is 29.9 Å². The van der Waals surface area contributed by atoms with Crippen LogP contribution in [0.1, 0.15) is 12.5 Å². The van der Waals surface area contributed by atoms with Crippen molar-refractivity contribution in [3.8, 4) is 11.5 Å². The van der Waals surface area contributed by atoms with Crippen molar-refractivity contribution < 1.29 is 23.0 Å². The van der Waals surface area contributed by atoms with Gasteiger partial charge >= 0.3 is 6.61 Å². The Morgan fingerprint density at radius 2 is 2.04 bits per heavy atom. The third-order valence-electron chi connectivity index (χ3n) is 3.36. The summed E-state index contributed by atoms with van der Waals surface area (Å²) in [6.07, 6.45) is 1.49. The summed E-state index contributed by atoms with van der Waals surface area (Å²) in [4.78, 5) is 23.5. The summed E-state index contributed by atoms with van der Waals surface area (Å²) in [5.74, 6) is -0.478. The van der Waals surface area contributed by atoms with Crippen molar-refractivity contribution in [2.24, 2.45) is 5.10 Å². The van der Waals surface area contributed by atoms with E-state index in [1.54, 1.807) is 19.1 Å². The molecule has 1 aromatic heterocycles. The zero-order valence-electron chi connectivity index (χ0n) is 14.1. The summed E-state index contributed by atoms with van der Waals surface area (Å²) in [6, 6.07) is 8.85. The van der Waals surface area contributed by atoms with Crippen LogP contribution in [0.4, 0.5) is 8.78 Å². The first-order valence-corrected chi connectivity index (χ1v) is 7.52. The Bertz CT molecular complexity index is 865. The lowest BCUT2D eigenvalue weighted by Crippen LogP contribution is -2.29.